The molecule has 0 radical (unpaired) electrons. The van der Waals surface area contributed by atoms with Gasteiger partial charge in [0.25, 0.3) is 0 Å². The highest BCUT2D eigenvalue weighted by Crippen LogP contribution is 2.28. The van der Waals surface area contributed by atoms with Gasteiger partial charge in [-0.3, -0.25) is 9.59 Å². The number of carbonyl (C=O) groups is 3. The standard InChI is InChI=1S/C21H25N5O3.ClH/c22-12-19(27)23-13-20(28)24-15-7-4-8-16(11-15)25-21(29)26-18-10-3-6-14-5-1-2-9-17(14)18;/h3-4,6-8,10-11H,1-2,5,9,12-13,22H2,(H,23,27)(H,24,28)(H2,25,26,29);1H. The summed E-state index contributed by atoms with van der Waals surface area (Å²) in [5.74, 6) is -0.792. The minimum atomic E-state index is -0.407. The Balaban J connectivity index is 0.00000320. The number of nitrogens with one attached hydrogen (secondary N) is 4. The van der Waals surface area contributed by atoms with E-state index < -0.39 is 5.91 Å². The second-order valence-electron chi connectivity index (χ2n) is 6.84. The monoisotopic (exact) mass is 431 g/mol. The predicted molar refractivity (Wildman–Crippen MR) is 120 cm³/mol. The first-order valence-corrected chi connectivity index (χ1v) is 9.60. The lowest BCUT2D eigenvalue weighted by Gasteiger charge is -2.19. The molecule has 160 valence electrons. The second kappa shape index (κ2) is 11.2. The average Bonchev–Trinajstić information content (AvgIpc) is 2.72. The number of benzene rings is 2. The van der Waals surface area contributed by atoms with Gasteiger partial charge in [-0.25, -0.2) is 4.79 Å². The number of urea groups is 1. The molecule has 0 unspecified atom stereocenters. The molecule has 3 rings (SSSR count). The van der Waals surface area contributed by atoms with Crippen LogP contribution < -0.4 is 27.0 Å². The lowest BCUT2D eigenvalue weighted by atomic mass is 9.90. The van der Waals surface area contributed by atoms with E-state index in [1.807, 2.05) is 12.1 Å². The maximum atomic E-state index is 12.4. The van der Waals surface area contributed by atoms with E-state index in [0.29, 0.717) is 11.4 Å². The topological polar surface area (TPSA) is 125 Å². The number of anilines is 3. The summed E-state index contributed by atoms with van der Waals surface area (Å²) in [4.78, 5) is 35.4. The molecule has 2 aromatic carbocycles. The van der Waals surface area contributed by atoms with Gasteiger partial charge in [-0.05, 0) is 61.1 Å². The van der Waals surface area contributed by atoms with Crippen LogP contribution in [0.3, 0.4) is 0 Å². The van der Waals surface area contributed by atoms with Crippen molar-refractivity contribution in [2.45, 2.75) is 25.7 Å². The fourth-order valence-electron chi connectivity index (χ4n) is 3.31. The Hall–Kier alpha value is -3.10. The van der Waals surface area contributed by atoms with E-state index in [2.05, 4.69) is 27.3 Å². The van der Waals surface area contributed by atoms with Crippen LogP contribution in [0.25, 0.3) is 0 Å². The van der Waals surface area contributed by atoms with Crippen molar-refractivity contribution >= 4 is 47.3 Å². The third-order valence-electron chi connectivity index (χ3n) is 4.68. The number of aryl methyl sites for hydroxylation is 1. The molecule has 0 spiro atoms. The third kappa shape index (κ3) is 6.47. The Kier molecular flexibility index (Phi) is 8.64. The molecule has 9 heteroatoms. The molecular formula is C21H26ClN5O3. The van der Waals surface area contributed by atoms with Gasteiger partial charge in [0.05, 0.1) is 13.1 Å². The zero-order valence-corrected chi connectivity index (χ0v) is 17.3. The number of hydrogen-bond donors (Lipinski definition) is 5. The van der Waals surface area contributed by atoms with Crippen LogP contribution in [-0.2, 0) is 22.4 Å². The molecule has 0 heterocycles. The van der Waals surface area contributed by atoms with E-state index in [-0.39, 0.29) is 37.4 Å². The first kappa shape index (κ1) is 23.2. The summed E-state index contributed by atoms with van der Waals surface area (Å²) >= 11 is 0. The molecule has 0 saturated carbocycles. The molecule has 1 aliphatic rings. The van der Waals surface area contributed by atoms with E-state index in [1.54, 1.807) is 24.3 Å². The summed E-state index contributed by atoms with van der Waals surface area (Å²) in [5, 5.41) is 10.8. The number of hydrogen-bond acceptors (Lipinski definition) is 4. The molecule has 0 saturated heterocycles. The Morgan fingerprint density at radius 2 is 1.57 bits per heavy atom. The van der Waals surface area contributed by atoms with Gasteiger partial charge in [0.2, 0.25) is 11.8 Å². The Labute approximate surface area is 181 Å². The minimum absolute atomic E-state index is 0. The van der Waals surface area contributed by atoms with Crippen molar-refractivity contribution in [1.82, 2.24) is 5.32 Å². The molecular weight excluding hydrogens is 406 g/mol. The van der Waals surface area contributed by atoms with Crippen LogP contribution in [0.5, 0.6) is 0 Å². The molecule has 0 fully saturated rings. The van der Waals surface area contributed by atoms with Gasteiger partial charge in [-0.1, -0.05) is 18.2 Å². The molecule has 0 aliphatic heterocycles. The van der Waals surface area contributed by atoms with Crippen LogP contribution in [0, 0.1) is 0 Å². The van der Waals surface area contributed by atoms with Crippen LogP contribution >= 0.6 is 12.4 Å². The zero-order chi connectivity index (χ0) is 20.6. The molecule has 1 aliphatic carbocycles. The van der Waals surface area contributed by atoms with Gasteiger partial charge in [0.1, 0.15) is 0 Å². The van der Waals surface area contributed by atoms with E-state index in [1.165, 1.54) is 17.5 Å². The zero-order valence-electron chi connectivity index (χ0n) is 16.5. The van der Waals surface area contributed by atoms with Crippen molar-refractivity contribution in [2.75, 3.05) is 29.0 Å². The lowest BCUT2D eigenvalue weighted by Crippen LogP contribution is -2.36. The number of fused-ring (bicyclic) bond motifs is 1. The lowest BCUT2D eigenvalue weighted by molar-refractivity contribution is -0.123. The molecule has 6 N–H and O–H groups in total. The molecule has 30 heavy (non-hydrogen) atoms. The van der Waals surface area contributed by atoms with Crippen molar-refractivity contribution in [2.24, 2.45) is 5.73 Å². The van der Waals surface area contributed by atoms with Crippen LogP contribution in [0.15, 0.2) is 42.5 Å². The molecule has 0 bridgehead atoms. The van der Waals surface area contributed by atoms with Crippen molar-refractivity contribution < 1.29 is 14.4 Å². The van der Waals surface area contributed by atoms with Crippen LogP contribution in [0.1, 0.15) is 24.0 Å². The van der Waals surface area contributed by atoms with E-state index in [4.69, 9.17) is 5.73 Å². The molecule has 0 atom stereocenters. The van der Waals surface area contributed by atoms with Gasteiger partial charge in [-0.2, -0.15) is 0 Å². The van der Waals surface area contributed by atoms with Gasteiger partial charge in [-0.15, -0.1) is 12.4 Å². The molecule has 8 nitrogen and oxygen atoms in total. The highest BCUT2D eigenvalue weighted by Gasteiger charge is 2.14. The van der Waals surface area contributed by atoms with Crippen molar-refractivity contribution in [3.63, 3.8) is 0 Å². The first-order chi connectivity index (χ1) is 14.0. The maximum absolute atomic E-state index is 12.4. The molecule has 0 aromatic heterocycles. The molecule has 4 amide bonds. The number of halogens is 1. The van der Waals surface area contributed by atoms with Crippen molar-refractivity contribution in [3.8, 4) is 0 Å². The van der Waals surface area contributed by atoms with Crippen LogP contribution in [-0.4, -0.2) is 30.9 Å². The maximum Gasteiger partial charge on any atom is 0.323 e. The summed E-state index contributed by atoms with van der Waals surface area (Å²) in [6.07, 6.45) is 4.31. The quantitative estimate of drug-likeness (QED) is 0.482. The predicted octanol–water partition coefficient (Wildman–Crippen LogP) is 2.64. The summed E-state index contributed by atoms with van der Waals surface area (Å²) in [7, 11) is 0. The first-order valence-electron chi connectivity index (χ1n) is 9.60. The Bertz CT molecular complexity index is 919. The van der Waals surface area contributed by atoms with E-state index >= 15 is 0 Å². The van der Waals surface area contributed by atoms with Crippen molar-refractivity contribution in [3.05, 3.63) is 53.6 Å². The largest absolute Gasteiger partial charge is 0.346 e. The fourth-order valence-corrected chi connectivity index (χ4v) is 3.31. The van der Waals surface area contributed by atoms with Gasteiger partial charge < -0.3 is 27.0 Å². The van der Waals surface area contributed by atoms with Gasteiger partial charge >= 0.3 is 6.03 Å². The number of amides is 4. The number of nitrogens with two attached hydrogens (primary N) is 1. The fraction of sp³-hybridized carbons (Fsp3) is 0.286. The summed E-state index contributed by atoms with van der Waals surface area (Å²) in [6.45, 7) is -0.348. The Morgan fingerprint density at radius 1 is 0.867 bits per heavy atom. The van der Waals surface area contributed by atoms with Gasteiger partial charge in [0, 0.05) is 17.1 Å². The second-order valence-corrected chi connectivity index (χ2v) is 6.84. The van der Waals surface area contributed by atoms with E-state index in [0.717, 1.165) is 24.9 Å². The summed E-state index contributed by atoms with van der Waals surface area (Å²) in [6, 6.07) is 12.4. The van der Waals surface area contributed by atoms with Crippen LogP contribution in [0.2, 0.25) is 0 Å². The minimum Gasteiger partial charge on any atom is -0.346 e. The molecule has 2 aromatic rings. The smallest absolute Gasteiger partial charge is 0.323 e. The normalized spacial score (nSPS) is 12.0. The SMILES string of the molecule is Cl.NCC(=O)NCC(=O)Nc1cccc(NC(=O)Nc2cccc3c2CCCC3)c1. The van der Waals surface area contributed by atoms with E-state index in [9.17, 15) is 14.4 Å². The number of carbonyl (C=O) groups excluding carboxylic acids is 3. The third-order valence-corrected chi connectivity index (χ3v) is 4.68. The van der Waals surface area contributed by atoms with Crippen molar-refractivity contribution in [1.29, 1.82) is 0 Å². The van der Waals surface area contributed by atoms with Crippen LogP contribution in [0.4, 0.5) is 21.9 Å². The average molecular weight is 432 g/mol. The van der Waals surface area contributed by atoms with Gasteiger partial charge in [0.15, 0.2) is 0 Å². The Morgan fingerprint density at radius 3 is 2.33 bits per heavy atom. The highest BCUT2D eigenvalue weighted by atomic mass is 35.5. The highest BCUT2D eigenvalue weighted by molar-refractivity contribution is 6.01. The number of rotatable bonds is 6. The summed E-state index contributed by atoms with van der Waals surface area (Å²) < 4.78 is 0. The summed E-state index contributed by atoms with van der Waals surface area (Å²) in [5.41, 5.74) is 9.55.